The molecule has 0 atom stereocenters. The van der Waals surface area contributed by atoms with E-state index < -0.39 is 24.9 Å². The summed E-state index contributed by atoms with van der Waals surface area (Å²) < 4.78 is 53.6. The van der Waals surface area contributed by atoms with Crippen LogP contribution in [0, 0.1) is 0 Å². The molecule has 1 aromatic rings. The summed E-state index contributed by atoms with van der Waals surface area (Å²) >= 11 is 7.23. The third-order valence-corrected chi connectivity index (χ3v) is 3.93. The van der Waals surface area contributed by atoms with Gasteiger partial charge in [-0.3, -0.25) is 0 Å². The third kappa shape index (κ3) is 3.92. The monoisotopic (exact) mass is 398 g/mol. The minimum Gasteiger partial charge on any atom is -0.455 e. The van der Waals surface area contributed by atoms with Crippen LogP contribution in [0.15, 0.2) is 13.6 Å². The van der Waals surface area contributed by atoms with Crippen molar-refractivity contribution in [1.82, 2.24) is 0 Å². The van der Waals surface area contributed by atoms with Crippen molar-refractivity contribution >= 4 is 49.2 Å². The van der Waals surface area contributed by atoms with E-state index in [0.29, 0.717) is 7.57 Å². The molecule has 1 aromatic heterocycles. The predicted octanol–water partition coefficient (Wildman–Crippen LogP) is 4.33. The molecule has 1 heterocycles. The number of thiophene rings is 1. The van der Waals surface area contributed by atoms with E-state index in [1.807, 2.05) is 0 Å². The van der Waals surface area contributed by atoms with Gasteiger partial charge in [-0.05, 0) is 37.9 Å². The molecule has 17 heavy (non-hydrogen) atoms. The standard InChI is InChI=1S/C8H4Br2F4O2S/c9-4-1-3(5(10)17-4)6(15)16-2-8(13,14)7(11)12/h1,7H,2H2. The molecule has 0 saturated carbocycles. The Balaban J connectivity index is 2.65. The lowest BCUT2D eigenvalue weighted by atomic mass is 10.3. The van der Waals surface area contributed by atoms with Crippen molar-refractivity contribution in [1.29, 1.82) is 0 Å². The molecule has 0 saturated heterocycles. The van der Waals surface area contributed by atoms with Gasteiger partial charge < -0.3 is 4.74 Å². The normalized spacial score (nSPS) is 11.9. The van der Waals surface area contributed by atoms with Crippen LogP contribution in [0.1, 0.15) is 10.4 Å². The molecule has 0 unspecified atom stereocenters. The van der Waals surface area contributed by atoms with Crippen molar-refractivity contribution in [2.24, 2.45) is 0 Å². The molecule has 2 nitrogen and oxygen atoms in total. The van der Waals surface area contributed by atoms with Gasteiger partial charge in [0.25, 0.3) is 0 Å². The lowest BCUT2D eigenvalue weighted by Gasteiger charge is -2.14. The predicted molar refractivity (Wildman–Crippen MR) is 61.0 cm³/mol. The molecule has 0 N–H and O–H groups in total. The molecular weight excluding hydrogens is 396 g/mol. The van der Waals surface area contributed by atoms with Gasteiger partial charge in [0, 0.05) is 0 Å². The smallest absolute Gasteiger partial charge is 0.340 e. The number of rotatable bonds is 4. The molecule has 0 aliphatic rings. The van der Waals surface area contributed by atoms with Crippen LogP contribution < -0.4 is 0 Å². The van der Waals surface area contributed by atoms with Crippen LogP contribution in [0.2, 0.25) is 0 Å². The summed E-state index contributed by atoms with van der Waals surface area (Å²) in [5.74, 6) is -5.42. The highest BCUT2D eigenvalue weighted by molar-refractivity contribution is 9.12. The number of carbonyl (C=O) groups is 1. The molecule has 0 fully saturated rings. The van der Waals surface area contributed by atoms with Gasteiger partial charge in [0.2, 0.25) is 0 Å². The zero-order chi connectivity index (χ0) is 13.2. The maximum Gasteiger partial charge on any atom is 0.340 e. The highest BCUT2D eigenvalue weighted by Crippen LogP contribution is 2.32. The first-order chi connectivity index (χ1) is 7.74. The quantitative estimate of drug-likeness (QED) is 0.556. The summed E-state index contributed by atoms with van der Waals surface area (Å²) in [6, 6.07) is 1.34. The molecule has 1 rings (SSSR count). The van der Waals surface area contributed by atoms with Crippen LogP contribution >= 0.6 is 43.2 Å². The van der Waals surface area contributed by atoms with Crippen LogP contribution in [0.3, 0.4) is 0 Å². The first-order valence-corrected chi connectivity index (χ1v) is 6.42. The molecule has 0 aliphatic carbocycles. The summed E-state index contributed by atoms with van der Waals surface area (Å²) in [4.78, 5) is 11.3. The summed E-state index contributed by atoms with van der Waals surface area (Å²) in [6.45, 7) is -1.65. The zero-order valence-corrected chi connectivity index (χ0v) is 11.8. The second-order valence-corrected chi connectivity index (χ2v) is 6.63. The van der Waals surface area contributed by atoms with E-state index in [-0.39, 0.29) is 5.56 Å². The van der Waals surface area contributed by atoms with Crippen molar-refractivity contribution in [3.05, 3.63) is 19.2 Å². The Morgan fingerprint density at radius 1 is 1.47 bits per heavy atom. The first-order valence-electron chi connectivity index (χ1n) is 4.02. The van der Waals surface area contributed by atoms with Gasteiger partial charge in [-0.1, -0.05) is 0 Å². The van der Waals surface area contributed by atoms with Crippen molar-refractivity contribution in [2.45, 2.75) is 12.3 Å². The van der Waals surface area contributed by atoms with Crippen molar-refractivity contribution < 1.29 is 27.1 Å². The van der Waals surface area contributed by atoms with E-state index in [2.05, 4.69) is 36.6 Å². The molecule has 9 heteroatoms. The fourth-order valence-electron chi connectivity index (χ4n) is 0.782. The van der Waals surface area contributed by atoms with E-state index in [0.717, 1.165) is 11.3 Å². The second-order valence-electron chi connectivity index (χ2n) is 2.88. The molecule has 0 bridgehead atoms. The summed E-state index contributed by atoms with van der Waals surface area (Å²) in [5.41, 5.74) is 0.00643. The summed E-state index contributed by atoms with van der Waals surface area (Å²) in [5, 5.41) is 0. The van der Waals surface area contributed by atoms with Gasteiger partial charge in [0.1, 0.15) is 0 Å². The van der Waals surface area contributed by atoms with E-state index in [4.69, 9.17) is 0 Å². The SMILES string of the molecule is O=C(OCC(F)(F)C(F)F)c1cc(Br)sc1Br. The summed E-state index contributed by atoms with van der Waals surface area (Å²) in [6.07, 6.45) is -3.87. The Kier molecular flexibility index (Phi) is 4.96. The topological polar surface area (TPSA) is 26.3 Å². The molecule has 0 amide bonds. The van der Waals surface area contributed by atoms with Crippen LogP contribution in [0.4, 0.5) is 17.6 Å². The van der Waals surface area contributed by atoms with Crippen LogP contribution in [-0.4, -0.2) is 24.9 Å². The van der Waals surface area contributed by atoms with Gasteiger partial charge in [0.05, 0.1) is 13.1 Å². The number of esters is 1. The zero-order valence-electron chi connectivity index (χ0n) is 7.85. The van der Waals surface area contributed by atoms with Crippen molar-refractivity contribution in [3.8, 4) is 0 Å². The van der Waals surface area contributed by atoms with Crippen LogP contribution in [0.25, 0.3) is 0 Å². The van der Waals surface area contributed by atoms with Gasteiger partial charge in [-0.15, -0.1) is 11.3 Å². The number of hydrogen-bond acceptors (Lipinski definition) is 3. The Bertz CT molecular complexity index is 422. The lowest BCUT2D eigenvalue weighted by molar-refractivity contribution is -0.155. The number of hydrogen-bond donors (Lipinski definition) is 0. The van der Waals surface area contributed by atoms with Crippen molar-refractivity contribution in [2.75, 3.05) is 6.61 Å². The Labute approximate surface area is 114 Å². The Hall–Kier alpha value is -0.150. The molecule has 0 aromatic carbocycles. The van der Waals surface area contributed by atoms with Gasteiger partial charge >= 0.3 is 18.3 Å². The number of halogens is 6. The number of carbonyl (C=O) groups excluding carboxylic acids is 1. The molecular formula is C8H4Br2F4O2S. The fourth-order valence-corrected chi connectivity index (χ4v) is 3.55. The largest absolute Gasteiger partial charge is 0.455 e. The lowest BCUT2D eigenvalue weighted by Crippen LogP contribution is -2.33. The van der Waals surface area contributed by atoms with Gasteiger partial charge in [-0.25, -0.2) is 13.6 Å². The maximum atomic E-state index is 12.5. The molecule has 0 aliphatic heterocycles. The number of alkyl halides is 4. The maximum absolute atomic E-state index is 12.5. The Morgan fingerprint density at radius 2 is 2.06 bits per heavy atom. The molecule has 0 radical (unpaired) electrons. The van der Waals surface area contributed by atoms with Gasteiger partial charge in [0.15, 0.2) is 6.61 Å². The van der Waals surface area contributed by atoms with E-state index in [9.17, 15) is 22.4 Å². The van der Waals surface area contributed by atoms with Crippen LogP contribution in [0.5, 0.6) is 0 Å². The Morgan fingerprint density at radius 3 is 2.47 bits per heavy atom. The minimum atomic E-state index is -4.34. The van der Waals surface area contributed by atoms with Crippen LogP contribution in [-0.2, 0) is 4.74 Å². The molecule has 96 valence electrons. The minimum absolute atomic E-state index is 0.00643. The van der Waals surface area contributed by atoms with E-state index >= 15 is 0 Å². The highest BCUT2D eigenvalue weighted by Gasteiger charge is 2.42. The molecule has 0 spiro atoms. The van der Waals surface area contributed by atoms with E-state index in [1.54, 1.807) is 0 Å². The fraction of sp³-hybridized carbons (Fsp3) is 0.375. The average molecular weight is 400 g/mol. The second kappa shape index (κ2) is 5.66. The van der Waals surface area contributed by atoms with Crippen molar-refractivity contribution in [3.63, 3.8) is 0 Å². The average Bonchev–Trinajstić information content (AvgIpc) is 2.54. The summed E-state index contributed by atoms with van der Waals surface area (Å²) in [7, 11) is 0. The van der Waals surface area contributed by atoms with Gasteiger partial charge in [-0.2, -0.15) is 8.78 Å². The highest BCUT2D eigenvalue weighted by atomic mass is 79.9. The van der Waals surface area contributed by atoms with E-state index in [1.165, 1.54) is 6.07 Å². The number of ether oxygens (including phenoxy) is 1. The first kappa shape index (κ1) is 14.9. The third-order valence-electron chi connectivity index (χ3n) is 1.59.